The normalized spacial score (nSPS) is 20.9. The van der Waals surface area contributed by atoms with Gasteiger partial charge in [-0.3, -0.25) is 14.6 Å². The number of hydrogen-bond acceptors (Lipinski definition) is 8. The fraction of sp³-hybridized carbons (Fsp3) is 0.433. The number of carbonyl (C=O) groups excluding carboxylic acids is 2. The molecule has 1 unspecified atom stereocenters. The van der Waals surface area contributed by atoms with Crippen molar-refractivity contribution in [3.05, 3.63) is 58.8 Å². The smallest absolute Gasteiger partial charge is 0.315 e. The van der Waals surface area contributed by atoms with Gasteiger partial charge in [-0.25, -0.2) is 0 Å². The molecule has 1 aliphatic heterocycles. The molecule has 1 heterocycles. The molecule has 0 spiro atoms. The van der Waals surface area contributed by atoms with Crippen LogP contribution in [0.3, 0.4) is 0 Å². The Bertz CT molecular complexity index is 1280. The quantitative estimate of drug-likeness (QED) is 0.351. The van der Waals surface area contributed by atoms with E-state index in [4.69, 9.17) is 23.9 Å². The number of unbranched alkanes of at least 4 members (excludes halogenated alkanes) is 1. The lowest BCUT2D eigenvalue weighted by Crippen LogP contribution is -2.38. The lowest BCUT2D eigenvalue weighted by Gasteiger charge is -2.36. The van der Waals surface area contributed by atoms with Crippen molar-refractivity contribution in [3.8, 4) is 23.0 Å². The van der Waals surface area contributed by atoms with Crippen molar-refractivity contribution in [2.75, 3.05) is 27.9 Å². The van der Waals surface area contributed by atoms with Gasteiger partial charge in [0.1, 0.15) is 5.92 Å². The number of esters is 1. The second kappa shape index (κ2) is 11.7. The predicted molar refractivity (Wildman–Crippen MR) is 143 cm³/mol. The van der Waals surface area contributed by atoms with Gasteiger partial charge in [0.2, 0.25) is 0 Å². The molecule has 0 amide bonds. The number of allylic oxidation sites excluding steroid dienone is 2. The maximum Gasteiger partial charge on any atom is 0.315 e. The average molecular weight is 522 g/mol. The van der Waals surface area contributed by atoms with E-state index in [0.717, 1.165) is 18.4 Å². The molecule has 2 aromatic rings. The molecule has 1 aliphatic carbocycles. The largest absolute Gasteiger partial charge is 0.504 e. The summed E-state index contributed by atoms with van der Waals surface area (Å²) in [6.07, 6.45) is 2.46. The summed E-state index contributed by atoms with van der Waals surface area (Å²) < 4.78 is 21.8. The molecule has 0 saturated carbocycles. The number of hydrogen-bond donors (Lipinski definition) is 1. The van der Waals surface area contributed by atoms with E-state index in [-0.39, 0.29) is 29.6 Å². The highest BCUT2D eigenvalue weighted by atomic mass is 16.5. The van der Waals surface area contributed by atoms with Crippen molar-refractivity contribution >= 4 is 17.5 Å². The van der Waals surface area contributed by atoms with E-state index in [9.17, 15) is 14.7 Å². The van der Waals surface area contributed by atoms with E-state index in [2.05, 4.69) is 0 Å². The van der Waals surface area contributed by atoms with Crippen molar-refractivity contribution in [2.24, 2.45) is 10.9 Å². The molecule has 3 atom stereocenters. The minimum absolute atomic E-state index is 0.0165. The van der Waals surface area contributed by atoms with E-state index < -0.39 is 17.8 Å². The van der Waals surface area contributed by atoms with Crippen LogP contribution >= 0.6 is 0 Å². The fourth-order valence-electron chi connectivity index (χ4n) is 5.36. The van der Waals surface area contributed by atoms with Crippen LogP contribution in [0.15, 0.2) is 52.7 Å². The van der Waals surface area contributed by atoms with Gasteiger partial charge >= 0.3 is 5.97 Å². The standard InChI is InChI=1S/C30H35NO7/c1-6-7-12-38-30(34)27-17(2)31-21-13-20(18-9-11-24(35-3)26(15-18)37-5)14-23(33)29(21)28(27)19-8-10-22(32)25(16-19)36-4/h8-11,15-16,20,27-28,32H,6-7,12-14H2,1-5H3/t20-,27?,28-/m0/s1. The number of ether oxygens (including phenoxy) is 4. The zero-order valence-electron chi connectivity index (χ0n) is 22.6. The van der Waals surface area contributed by atoms with Crippen LogP contribution in [0.1, 0.15) is 62.5 Å². The topological polar surface area (TPSA) is 104 Å². The number of phenols is 1. The summed E-state index contributed by atoms with van der Waals surface area (Å²) >= 11 is 0. The van der Waals surface area contributed by atoms with Gasteiger partial charge in [-0.05, 0) is 61.1 Å². The van der Waals surface area contributed by atoms with E-state index in [1.54, 1.807) is 26.4 Å². The minimum Gasteiger partial charge on any atom is -0.504 e. The first-order valence-corrected chi connectivity index (χ1v) is 12.9. The molecule has 38 heavy (non-hydrogen) atoms. The first-order chi connectivity index (χ1) is 18.3. The van der Waals surface area contributed by atoms with Crippen molar-refractivity contribution in [1.82, 2.24) is 0 Å². The van der Waals surface area contributed by atoms with Crippen LogP contribution in [-0.2, 0) is 14.3 Å². The zero-order valence-corrected chi connectivity index (χ0v) is 22.6. The summed E-state index contributed by atoms with van der Waals surface area (Å²) in [4.78, 5) is 32.0. The van der Waals surface area contributed by atoms with Crippen molar-refractivity contribution in [1.29, 1.82) is 0 Å². The lowest BCUT2D eigenvalue weighted by atomic mass is 9.69. The summed E-state index contributed by atoms with van der Waals surface area (Å²) in [5, 5.41) is 10.2. The van der Waals surface area contributed by atoms with Crippen molar-refractivity contribution in [3.63, 3.8) is 0 Å². The van der Waals surface area contributed by atoms with Gasteiger partial charge in [0.05, 0.1) is 27.9 Å². The number of phenolic OH excluding ortho intramolecular Hbond substituents is 1. The first-order valence-electron chi connectivity index (χ1n) is 12.9. The number of ketones is 1. The molecule has 2 aliphatic rings. The van der Waals surface area contributed by atoms with E-state index >= 15 is 0 Å². The number of nitrogens with zero attached hydrogens (tertiary/aromatic N) is 1. The summed E-state index contributed by atoms with van der Waals surface area (Å²) in [5.41, 5.74) is 3.45. The highest BCUT2D eigenvalue weighted by Gasteiger charge is 2.45. The molecule has 0 saturated heterocycles. The summed E-state index contributed by atoms with van der Waals surface area (Å²) in [6.45, 7) is 4.15. The molecule has 0 aromatic heterocycles. The highest BCUT2D eigenvalue weighted by Crippen LogP contribution is 2.48. The number of Topliss-reactive ketones (excluding diaryl/α,β-unsaturated/α-hetero) is 1. The fourth-order valence-corrected chi connectivity index (χ4v) is 5.36. The Morgan fingerprint density at radius 2 is 1.66 bits per heavy atom. The number of rotatable bonds is 9. The molecule has 202 valence electrons. The minimum atomic E-state index is -0.749. The monoisotopic (exact) mass is 521 g/mol. The van der Waals surface area contributed by atoms with Gasteiger partial charge in [-0.1, -0.05) is 25.5 Å². The molecule has 0 bridgehead atoms. The van der Waals surface area contributed by atoms with E-state index in [1.807, 2.05) is 32.0 Å². The third kappa shape index (κ3) is 5.26. The van der Waals surface area contributed by atoms with Gasteiger partial charge in [0.15, 0.2) is 28.8 Å². The van der Waals surface area contributed by atoms with E-state index in [1.165, 1.54) is 13.2 Å². The van der Waals surface area contributed by atoms with Crippen LogP contribution in [0, 0.1) is 5.92 Å². The maximum absolute atomic E-state index is 13.8. The molecule has 0 fully saturated rings. The lowest BCUT2D eigenvalue weighted by molar-refractivity contribution is -0.146. The zero-order chi connectivity index (χ0) is 27.4. The SMILES string of the molecule is CCCCOC(=O)C1C(C)=NC2=C(C(=O)C[C@@H](c3ccc(OC)c(OC)c3)C2)[C@H]1c1ccc(O)c(OC)c1. The number of carbonyl (C=O) groups is 2. The van der Waals surface area contributed by atoms with Gasteiger partial charge in [0, 0.05) is 29.3 Å². The van der Waals surface area contributed by atoms with E-state index in [0.29, 0.717) is 47.1 Å². The van der Waals surface area contributed by atoms with Crippen LogP contribution in [0.4, 0.5) is 0 Å². The van der Waals surface area contributed by atoms with Gasteiger partial charge in [-0.2, -0.15) is 0 Å². The Morgan fingerprint density at radius 3 is 2.34 bits per heavy atom. The van der Waals surface area contributed by atoms with Crippen LogP contribution in [0.25, 0.3) is 0 Å². The number of benzene rings is 2. The Kier molecular flexibility index (Phi) is 8.39. The highest BCUT2D eigenvalue weighted by molar-refractivity contribution is 6.09. The molecule has 4 rings (SSSR count). The Labute approximate surface area is 223 Å². The van der Waals surface area contributed by atoms with Gasteiger partial charge in [0.25, 0.3) is 0 Å². The third-order valence-electron chi connectivity index (χ3n) is 7.33. The number of methoxy groups -OCH3 is 3. The summed E-state index contributed by atoms with van der Waals surface area (Å²) in [6, 6.07) is 10.6. The number of aromatic hydroxyl groups is 1. The molecule has 0 radical (unpaired) electrons. The van der Waals surface area contributed by atoms with Crippen LogP contribution < -0.4 is 14.2 Å². The maximum atomic E-state index is 13.8. The average Bonchev–Trinajstić information content (AvgIpc) is 2.92. The summed E-state index contributed by atoms with van der Waals surface area (Å²) in [7, 11) is 4.63. The van der Waals surface area contributed by atoms with Crippen LogP contribution in [0.2, 0.25) is 0 Å². The van der Waals surface area contributed by atoms with Gasteiger partial charge in [-0.15, -0.1) is 0 Å². The van der Waals surface area contributed by atoms with Gasteiger partial charge < -0.3 is 24.1 Å². The second-order valence-corrected chi connectivity index (χ2v) is 9.66. The Morgan fingerprint density at radius 1 is 0.974 bits per heavy atom. The molecule has 8 nitrogen and oxygen atoms in total. The van der Waals surface area contributed by atoms with Crippen molar-refractivity contribution < 1.29 is 33.6 Å². The molecule has 1 N–H and O–H groups in total. The number of aliphatic imine (C=N–C) groups is 1. The second-order valence-electron chi connectivity index (χ2n) is 9.66. The Hall–Kier alpha value is -3.81. The molecule has 8 heteroatoms. The summed E-state index contributed by atoms with van der Waals surface area (Å²) in [5.74, 6) is -0.428. The third-order valence-corrected chi connectivity index (χ3v) is 7.33. The molecule has 2 aromatic carbocycles. The van der Waals surface area contributed by atoms with Crippen molar-refractivity contribution in [2.45, 2.75) is 51.4 Å². The molecular formula is C30H35NO7. The Balaban J connectivity index is 1.77. The van der Waals surface area contributed by atoms with Crippen LogP contribution in [-0.4, -0.2) is 50.5 Å². The first kappa shape index (κ1) is 27.2. The molecular weight excluding hydrogens is 486 g/mol. The van der Waals surface area contributed by atoms with Crippen LogP contribution in [0.5, 0.6) is 23.0 Å². The predicted octanol–water partition coefficient (Wildman–Crippen LogP) is 5.34.